The van der Waals surface area contributed by atoms with Crippen LogP contribution < -0.4 is 10.6 Å². The topological polar surface area (TPSA) is 73.8 Å². The van der Waals surface area contributed by atoms with E-state index in [2.05, 4.69) is 22.5 Å². The maximum atomic E-state index is 12.1. The Bertz CT molecular complexity index is 676. The predicted molar refractivity (Wildman–Crippen MR) is 102 cm³/mol. The summed E-state index contributed by atoms with van der Waals surface area (Å²) in [7, 11) is 1.46. The van der Waals surface area contributed by atoms with Gasteiger partial charge in [-0.3, -0.25) is 4.99 Å². The highest BCUT2D eigenvalue weighted by atomic mass is 32.2. The van der Waals surface area contributed by atoms with Crippen LogP contribution in [0.15, 0.2) is 34.2 Å². The van der Waals surface area contributed by atoms with Gasteiger partial charge in [-0.2, -0.15) is 0 Å². The minimum Gasteiger partial charge on any atom is -0.354 e. The number of sulfonamides is 1. The van der Waals surface area contributed by atoms with E-state index >= 15 is 0 Å². The third-order valence-electron chi connectivity index (χ3n) is 4.74. The quantitative estimate of drug-likeness (QED) is 0.619. The molecule has 0 saturated heterocycles. The number of hydrogen-bond donors (Lipinski definition) is 2. The maximum Gasteiger partial charge on any atom is 0.242 e. The number of rotatable bonds is 5. The lowest BCUT2D eigenvalue weighted by Gasteiger charge is -2.28. The summed E-state index contributed by atoms with van der Waals surface area (Å²) < 4.78 is 25.4. The Morgan fingerprint density at radius 3 is 2.28 bits per heavy atom. The van der Waals surface area contributed by atoms with Gasteiger partial charge in [0, 0.05) is 33.7 Å². The zero-order chi connectivity index (χ0) is 18.4. The first kappa shape index (κ1) is 19.7. The van der Waals surface area contributed by atoms with E-state index in [9.17, 15) is 8.42 Å². The molecule has 0 unspecified atom stereocenters. The largest absolute Gasteiger partial charge is 0.354 e. The minimum atomic E-state index is -3.38. The highest BCUT2D eigenvalue weighted by Gasteiger charge is 2.19. The average molecular weight is 367 g/mol. The molecule has 0 heterocycles. The Labute approximate surface area is 151 Å². The first-order valence-electron chi connectivity index (χ1n) is 8.81. The Morgan fingerprint density at radius 1 is 1.16 bits per heavy atom. The number of aliphatic imine (C=N–C) groups is 1. The summed E-state index contributed by atoms with van der Waals surface area (Å²) in [5.41, 5.74) is 1.01. The third-order valence-corrected chi connectivity index (χ3v) is 6.57. The van der Waals surface area contributed by atoms with Crippen LogP contribution in [0.5, 0.6) is 0 Å². The third kappa shape index (κ3) is 5.44. The van der Waals surface area contributed by atoms with Crippen molar-refractivity contribution in [2.75, 3.05) is 21.1 Å². The number of nitrogens with zero attached hydrogens (tertiary/aromatic N) is 2. The Hall–Kier alpha value is -1.60. The molecule has 1 fully saturated rings. The Morgan fingerprint density at radius 2 is 1.76 bits per heavy atom. The molecule has 6 nitrogen and oxygen atoms in total. The fourth-order valence-corrected chi connectivity index (χ4v) is 3.87. The highest BCUT2D eigenvalue weighted by molar-refractivity contribution is 7.89. The summed E-state index contributed by atoms with van der Waals surface area (Å²) in [6.07, 6.45) is 4.88. The van der Waals surface area contributed by atoms with Crippen molar-refractivity contribution in [3.05, 3.63) is 29.8 Å². The number of guanidine groups is 1. The molecule has 0 amide bonds. The molecule has 0 aromatic heterocycles. The number of hydrogen-bond acceptors (Lipinski definition) is 3. The molecule has 1 aromatic carbocycles. The smallest absolute Gasteiger partial charge is 0.242 e. The van der Waals surface area contributed by atoms with E-state index in [0.29, 0.717) is 17.5 Å². The van der Waals surface area contributed by atoms with Crippen molar-refractivity contribution in [3.8, 4) is 0 Å². The molecule has 2 N–H and O–H groups in total. The van der Waals surface area contributed by atoms with Gasteiger partial charge in [-0.1, -0.05) is 19.1 Å². The summed E-state index contributed by atoms with van der Waals surface area (Å²) in [4.78, 5) is 4.59. The second kappa shape index (κ2) is 8.67. The normalized spacial score (nSPS) is 22.0. The SMILES string of the molecule is CN=C(NCc1ccc(S(=O)(=O)N(C)C)cc1)NC1CCC(C)CC1. The van der Waals surface area contributed by atoms with Gasteiger partial charge in [0.1, 0.15) is 0 Å². The molecule has 2 rings (SSSR count). The molecule has 25 heavy (non-hydrogen) atoms. The Kier molecular flexibility index (Phi) is 6.84. The van der Waals surface area contributed by atoms with E-state index in [1.165, 1.54) is 44.1 Å². The van der Waals surface area contributed by atoms with Gasteiger partial charge in [0.15, 0.2) is 5.96 Å². The molecule has 1 aliphatic rings. The van der Waals surface area contributed by atoms with Gasteiger partial charge < -0.3 is 10.6 Å². The van der Waals surface area contributed by atoms with E-state index in [4.69, 9.17) is 0 Å². The summed E-state index contributed by atoms with van der Waals surface area (Å²) >= 11 is 0. The first-order chi connectivity index (χ1) is 11.8. The first-order valence-corrected chi connectivity index (χ1v) is 10.3. The zero-order valence-corrected chi connectivity index (χ0v) is 16.4. The molecular formula is C18H30N4O2S. The lowest BCUT2D eigenvalue weighted by atomic mass is 9.87. The molecule has 1 aliphatic carbocycles. The molecular weight excluding hydrogens is 336 g/mol. The lowest BCUT2D eigenvalue weighted by molar-refractivity contribution is 0.329. The molecule has 1 aromatic rings. The second-order valence-electron chi connectivity index (χ2n) is 6.96. The Balaban J connectivity index is 1.89. The molecule has 0 aliphatic heterocycles. The van der Waals surface area contributed by atoms with Crippen LogP contribution in [0.3, 0.4) is 0 Å². The molecule has 0 spiro atoms. The van der Waals surface area contributed by atoms with E-state index in [1.54, 1.807) is 19.2 Å². The van der Waals surface area contributed by atoms with Crippen molar-refractivity contribution in [1.29, 1.82) is 0 Å². The van der Waals surface area contributed by atoms with Crippen LogP contribution in [0.4, 0.5) is 0 Å². The van der Waals surface area contributed by atoms with Gasteiger partial charge in [0.2, 0.25) is 10.0 Å². The lowest BCUT2D eigenvalue weighted by Crippen LogP contribution is -2.44. The average Bonchev–Trinajstić information content (AvgIpc) is 2.60. The van der Waals surface area contributed by atoms with Gasteiger partial charge >= 0.3 is 0 Å². The van der Waals surface area contributed by atoms with E-state index in [-0.39, 0.29) is 0 Å². The van der Waals surface area contributed by atoms with E-state index in [0.717, 1.165) is 17.4 Å². The van der Waals surface area contributed by atoms with Crippen molar-refractivity contribution < 1.29 is 8.42 Å². The van der Waals surface area contributed by atoms with Crippen molar-refractivity contribution >= 4 is 16.0 Å². The van der Waals surface area contributed by atoms with Crippen molar-refractivity contribution in [2.45, 2.75) is 50.1 Å². The fraction of sp³-hybridized carbons (Fsp3) is 0.611. The summed E-state index contributed by atoms with van der Waals surface area (Å²) in [6.45, 7) is 2.91. The minimum absolute atomic E-state index is 0.306. The highest BCUT2D eigenvalue weighted by Crippen LogP contribution is 2.23. The second-order valence-corrected chi connectivity index (χ2v) is 9.11. The fourth-order valence-electron chi connectivity index (χ4n) is 2.97. The monoisotopic (exact) mass is 366 g/mol. The van der Waals surface area contributed by atoms with Gasteiger partial charge in [0.05, 0.1) is 4.90 Å². The van der Waals surface area contributed by atoms with E-state index < -0.39 is 10.0 Å². The van der Waals surface area contributed by atoms with Gasteiger partial charge in [-0.05, 0) is 49.3 Å². The van der Waals surface area contributed by atoms with Crippen LogP contribution >= 0.6 is 0 Å². The predicted octanol–water partition coefficient (Wildman–Crippen LogP) is 2.18. The molecule has 140 valence electrons. The van der Waals surface area contributed by atoms with Gasteiger partial charge in [-0.15, -0.1) is 0 Å². The molecule has 0 radical (unpaired) electrons. The van der Waals surface area contributed by atoms with Gasteiger partial charge in [0.25, 0.3) is 0 Å². The molecule has 1 saturated carbocycles. The summed E-state index contributed by atoms with van der Waals surface area (Å²) in [5.74, 6) is 1.62. The molecule has 0 atom stereocenters. The number of benzene rings is 1. The van der Waals surface area contributed by atoms with Crippen LogP contribution in [-0.4, -0.2) is 45.9 Å². The summed E-state index contributed by atoms with van der Waals surface area (Å²) in [6, 6.07) is 7.43. The molecule has 7 heteroatoms. The van der Waals surface area contributed by atoms with Gasteiger partial charge in [-0.25, -0.2) is 12.7 Å². The van der Waals surface area contributed by atoms with Crippen LogP contribution in [-0.2, 0) is 16.6 Å². The van der Waals surface area contributed by atoms with Crippen molar-refractivity contribution in [2.24, 2.45) is 10.9 Å². The van der Waals surface area contributed by atoms with Crippen molar-refractivity contribution in [3.63, 3.8) is 0 Å². The summed E-state index contributed by atoms with van der Waals surface area (Å²) in [5, 5.41) is 6.79. The van der Waals surface area contributed by atoms with E-state index in [1.807, 2.05) is 12.1 Å². The maximum absolute atomic E-state index is 12.1. The van der Waals surface area contributed by atoms with Crippen molar-refractivity contribution in [1.82, 2.24) is 14.9 Å². The van der Waals surface area contributed by atoms with Crippen LogP contribution in [0.25, 0.3) is 0 Å². The van der Waals surface area contributed by atoms with Crippen LogP contribution in [0, 0.1) is 5.92 Å². The van der Waals surface area contributed by atoms with Crippen LogP contribution in [0.2, 0.25) is 0 Å². The standard InChI is InChI=1S/C18H30N4O2S/c1-14-5-9-16(10-6-14)21-18(19-2)20-13-15-7-11-17(12-8-15)25(23,24)22(3)4/h7-8,11-12,14,16H,5-6,9-10,13H2,1-4H3,(H2,19,20,21). The molecule has 0 bridgehead atoms. The zero-order valence-electron chi connectivity index (χ0n) is 15.6. The van der Waals surface area contributed by atoms with Crippen LogP contribution in [0.1, 0.15) is 38.2 Å². The number of nitrogens with one attached hydrogen (secondary N) is 2.